The zero-order chi connectivity index (χ0) is 20.2. The lowest BCUT2D eigenvalue weighted by Gasteiger charge is -2.22. The van der Waals surface area contributed by atoms with Gasteiger partial charge in [0.05, 0.1) is 6.54 Å². The van der Waals surface area contributed by atoms with E-state index in [4.69, 9.17) is 0 Å². The van der Waals surface area contributed by atoms with E-state index in [2.05, 4.69) is 15.5 Å². The van der Waals surface area contributed by atoms with Crippen molar-refractivity contribution in [3.8, 4) is 0 Å². The Morgan fingerprint density at radius 2 is 1.72 bits per heavy atom. The van der Waals surface area contributed by atoms with Crippen LogP contribution in [0.5, 0.6) is 0 Å². The van der Waals surface area contributed by atoms with Gasteiger partial charge in [0.25, 0.3) is 0 Å². The summed E-state index contributed by atoms with van der Waals surface area (Å²) in [7, 11) is 0. The van der Waals surface area contributed by atoms with Gasteiger partial charge in [0.2, 0.25) is 11.9 Å². The van der Waals surface area contributed by atoms with Crippen molar-refractivity contribution in [2.45, 2.75) is 19.4 Å². The molecule has 8 heteroatoms. The maximum atomic E-state index is 14.2. The molecule has 1 aromatic heterocycles. The monoisotopic (exact) mass is 397 g/mol. The number of anilines is 1. The number of carbonyl (C=O) groups is 1. The molecule has 29 heavy (non-hydrogen) atoms. The van der Waals surface area contributed by atoms with Crippen LogP contribution in [0.4, 0.5) is 14.7 Å². The SMILES string of the molecule is O=C1CCN(c2nnc(Cc3c(F)cccc3F)n2Cc2ccccc2)CCN1. The van der Waals surface area contributed by atoms with Crippen LogP contribution >= 0.6 is 0 Å². The van der Waals surface area contributed by atoms with Crippen molar-refractivity contribution in [1.82, 2.24) is 20.1 Å². The van der Waals surface area contributed by atoms with Crippen LogP contribution in [-0.4, -0.2) is 40.3 Å². The zero-order valence-corrected chi connectivity index (χ0v) is 15.8. The molecular formula is C21H21F2N5O. The van der Waals surface area contributed by atoms with E-state index in [0.29, 0.717) is 44.4 Å². The molecule has 1 amide bonds. The first kappa shape index (κ1) is 19.0. The molecule has 4 rings (SSSR count). The summed E-state index contributed by atoms with van der Waals surface area (Å²) in [4.78, 5) is 13.7. The molecule has 2 heterocycles. The minimum Gasteiger partial charge on any atom is -0.354 e. The molecule has 0 bridgehead atoms. The third-order valence-corrected chi connectivity index (χ3v) is 4.98. The van der Waals surface area contributed by atoms with Crippen LogP contribution in [0.25, 0.3) is 0 Å². The van der Waals surface area contributed by atoms with Crippen LogP contribution in [0.1, 0.15) is 23.4 Å². The summed E-state index contributed by atoms with van der Waals surface area (Å²) in [5, 5.41) is 11.4. The van der Waals surface area contributed by atoms with Gasteiger partial charge in [-0.2, -0.15) is 0 Å². The summed E-state index contributed by atoms with van der Waals surface area (Å²) in [5.41, 5.74) is 0.987. The van der Waals surface area contributed by atoms with Gasteiger partial charge >= 0.3 is 0 Å². The second-order valence-corrected chi connectivity index (χ2v) is 6.95. The van der Waals surface area contributed by atoms with Crippen molar-refractivity contribution in [2.75, 3.05) is 24.5 Å². The molecule has 0 saturated carbocycles. The number of rotatable bonds is 5. The summed E-state index contributed by atoms with van der Waals surface area (Å²) in [5.74, 6) is -0.153. The van der Waals surface area contributed by atoms with E-state index >= 15 is 0 Å². The summed E-state index contributed by atoms with van der Waals surface area (Å²) >= 11 is 0. The molecule has 6 nitrogen and oxygen atoms in total. The smallest absolute Gasteiger partial charge is 0.227 e. The van der Waals surface area contributed by atoms with E-state index in [1.54, 1.807) is 0 Å². The first-order valence-electron chi connectivity index (χ1n) is 9.52. The van der Waals surface area contributed by atoms with E-state index in [0.717, 1.165) is 5.56 Å². The fourth-order valence-corrected chi connectivity index (χ4v) is 3.44. The minimum absolute atomic E-state index is 0.00437. The number of nitrogens with one attached hydrogen (secondary N) is 1. The fourth-order valence-electron chi connectivity index (χ4n) is 3.44. The van der Waals surface area contributed by atoms with Gasteiger partial charge in [-0.3, -0.25) is 9.36 Å². The van der Waals surface area contributed by atoms with E-state index in [1.165, 1.54) is 18.2 Å². The molecule has 0 atom stereocenters. The van der Waals surface area contributed by atoms with Crippen molar-refractivity contribution in [1.29, 1.82) is 0 Å². The van der Waals surface area contributed by atoms with Crippen LogP contribution in [0.3, 0.4) is 0 Å². The van der Waals surface area contributed by atoms with Gasteiger partial charge in [-0.15, -0.1) is 10.2 Å². The highest BCUT2D eigenvalue weighted by Gasteiger charge is 2.23. The summed E-state index contributed by atoms with van der Waals surface area (Å²) in [6, 6.07) is 13.6. The largest absolute Gasteiger partial charge is 0.354 e. The molecule has 150 valence electrons. The van der Waals surface area contributed by atoms with Crippen molar-refractivity contribution in [3.63, 3.8) is 0 Å². The lowest BCUT2D eigenvalue weighted by Crippen LogP contribution is -2.31. The molecule has 0 radical (unpaired) electrons. The Balaban J connectivity index is 1.71. The average molecular weight is 397 g/mol. The maximum absolute atomic E-state index is 14.2. The molecule has 1 aliphatic rings. The van der Waals surface area contributed by atoms with Gasteiger partial charge in [-0.25, -0.2) is 8.78 Å². The third-order valence-electron chi connectivity index (χ3n) is 4.98. The number of nitrogens with zero attached hydrogens (tertiary/aromatic N) is 4. The number of hydrogen-bond donors (Lipinski definition) is 1. The topological polar surface area (TPSA) is 63.1 Å². The molecule has 0 aliphatic carbocycles. The molecule has 3 aromatic rings. The predicted molar refractivity (Wildman–Crippen MR) is 105 cm³/mol. The Bertz CT molecular complexity index is 985. The average Bonchev–Trinajstić information content (AvgIpc) is 2.96. The van der Waals surface area contributed by atoms with E-state index in [9.17, 15) is 13.6 Å². The van der Waals surface area contributed by atoms with Crippen LogP contribution in [0, 0.1) is 11.6 Å². The Morgan fingerprint density at radius 1 is 0.966 bits per heavy atom. The van der Waals surface area contributed by atoms with Crippen LogP contribution in [0.15, 0.2) is 48.5 Å². The van der Waals surface area contributed by atoms with Crippen molar-refractivity contribution >= 4 is 11.9 Å². The zero-order valence-electron chi connectivity index (χ0n) is 15.8. The molecule has 2 aromatic carbocycles. The fraction of sp³-hybridized carbons (Fsp3) is 0.286. The summed E-state index contributed by atoms with van der Waals surface area (Å²) in [6.07, 6.45) is 0.346. The molecule has 1 fully saturated rings. The second-order valence-electron chi connectivity index (χ2n) is 6.95. The third kappa shape index (κ3) is 4.26. The predicted octanol–water partition coefficient (Wildman–Crippen LogP) is 2.52. The summed E-state index contributed by atoms with van der Waals surface area (Å²) < 4.78 is 30.3. The number of benzene rings is 2. The normalized spacial score (nSPS) is 14.6. The Labute approximate surface area is 167 Å². The highest BCUT2D eigenvalue weighted by atomic mass is 19.1. The van der Waals surface area contributed by atoms with Crippen molar-refractivity contribution in [3.05, 3.63) is 77.1 Å². The number of amides is 1. The Kier molecular flexibility index (Phi) is 5.50. The van der Waals surface area contributed by atoms with Gasteiger partial charge in [-0.05, 0) is 17.7 Å². The molecular weight excluding hydrogens is 376 g/mol. The maximum Gasteiger partial charge on any atom is 0.227 e. The van der Waals surface area contributed by atoms with E-state index in [1.807, 2.05) is 39.8 Å². The van der Waals surface area contributed by atoms with Crippen molar-refractivity contribution in [2.24, 2.45) is 0 Å². The number of hydrogen-bond acceptors (Lipinski definition) is 4. The molecule has 0 spiro atoms. The molecule has 1 aliphatic heterocycles. The highest BCUT2D eigenvalue weighted by Crippen LogP contribution is 2.22. The quantitative estimate of drug-likeness (QED) is 0.719. The lowest BCUT2D eigenvalue weighted by molar-refractivity contribution is -0.120. The van der Waals surface area contributed by atoms with Gasteiger partial charge in [0, 0.05) is 38.0 Å². The Morgan fingerprint density at radius 3 is 2.48 bits per heavy atom. The van der Waals surface area contributed by atoms with Gasteiger partial charge in [-0.1, -0.05) is 36.4 Å². The number of aromatic nitrogens is 3. The standard InChI is InChI=1S/C21H21F2N5O/c22-17-7-4-8-18(23)16(17)13-19-25-26-21(27-11-9-20(29)24-10-12-27)28(19)14-15-5-2-1-3-6-15/h1-8H,9-14H2,(H,24,29). The van der Waals surface area contributed by atoms with E-state index in [-0.39, 0.29) is 17.9 Å². The molecule has 0 unspecified atom stereocenters. The molecule has 1 N–H and O–H groups in total. The van der Waals surface area contributed by atoms with Gasteiger partial charge in [0.15, 0.2) is 0 Å². The molecule has 1 saturated heterocycles. The number of carbonyl (C=O) groups excluding carboxylic acids is 1. The first-order chi connectivity index (χ1) is 14.1. The van der Waals surface area contributed by atoms with Crippen LogP contribution in [0.2, 0.25) is 0 Å². The van der Waals surface area contributed by atoms with Gasteiger partial charge in [0.1, 0.15) is 17.5 Å². The van der Waals surface area contributed by atoms with E-state index < -0.39 is 11.6 Å². The van der Waals surface area contributed by atoms with Gasteiger partial charge < -0.3 is 10.2 Å². The second kappa shape index (κ2) is 8.38. The highest BCUT2D eigenvalue weighted by molar-refractivity contribution is 5.77. The Hall–Kier alpha value is -3.29. The minimum atomic E-state index is -0.606. The number of halogens is 2. The first-order valence-corrected chi connectivity index (χ1v) is 9.52. The lowest BCUT2D eigenvalue weighted by atomic mass is 10.1. The summed E-state index contributed by atoms with van der Waals surface area (Å²) in [6.45, 7) is 2.07. The van der Waals surface area contributed by atoms with Crippen LogP contribution in [-0.2, 0) is 17.8 Å². The van der Waals surface area contributed by atoms with Crippen LogP contribution < -0.4 is 10.2 Å². The van der Waals surface area contributed by atoms with Crippen molar-refractivity contribution < 1.29 is 13.6 Å².